The Morgan fingerprint density at radius 3 is 2.45 bits per heavy atom. The van der Waals surface area contributed by atoms with Crippen LogP contribution in [0.5, 0.6) is 0 Å². The van der Waals surface area contributed by atoms with Crippen LogP contribution in [0.1, 0.15) is 72.6 Å². The molecule has 0 saturated heterocycles. The van der Waals surface area contributed by atoms with E-state index in [1.807, 2.05) is 19.9 Å². The summed E-state index contributed by atoms with van der Waals surface area (Å²) in [7, 11) is 1.48. The number of ether oxygens (including phenoxy) is 1. The van der Waals surface area contributed by atoms with Crippen molar-refractivity contribution in [2.45, 2.75) is 78.7 Å². The van der Waals surface area contributed by atoms with Crippen molar-refractivity contribution in [3.63, 3.8) is 0 Å². The van der Waals surface area contributed by atoms with Crippen molar-refractivity contribution in [2.75, 3.05) is 7.11 Å². The molecule has 0 amide bonds. The lowest BCUT2D eigenvalue weighted by atomic mass is 9.43. The zero-order valence-corrected chi connectivity index (χ0v) is 18.7. The van der Waals surface area contributed by atoms with Crippen LogP contribution < -0.4 is 0 Å². The van der Waals surface area contributed by atoms with Crippen molar-refractivity contribution in [2.24, 2.45) is 46.3 Å². The highest BCUT2D eigenvalue weighted by Gasteiger charge is 2.64. The van der Waals surface area contributed by atoms with E-state index in [0.29, 0.717) is 23.5 Å². The van der Waals surface area contributed by atoms with Gasteiger partial charge in [-0.25, -0.2) is 0 Å². The molecule has 4 saturated carbocycles. The molecule has 9 atom stereocenters. The summed E-state index contributed by atoms with van der Waals surface area (Å²) in [5, 5.41) is 10.3. The summed E-state index contributed by atoms with van der Waals surface area (Å²) < 4.78 is 5.07. The number of carbonyl (C=O) groups is 2. The lowest BCUT2D eigenvalue weighted by Crippen LogP contribution is -2.58. The molecule has 0 aliphatic heterocycles. The molecule has 4 aliphatic rings. The van der Waals surface area contributed by atoms with E-state index in [0.717, 1.165) is 50.5 Å². The number of aliphatic hydroxyl groups is 1. The average Bonchev–Trinajstić information content (AvgIpc) is 3.05. The minimum atomic E-state index is -0.280. The van der Waals surface area contributed by atoms with E-state index >= 15 is 0 Å². The van der Waals surface area contributed by atoms with E-state index in [1.165, 1.54) is 7.11 Å². The van der Waals surface area contributed by atoms with Crippen LogP contribution in [0.25, 0.3) is 0 Å². The summed E-state index contributed by atoms with van der Waals surface area (Å²) in [6, 6.07) is 0. The molecule has 4 rings (SSSR count). The molecule has 0 spiro atoms. The van der Waals surface area contributed by atoms with E-state index in [-0.39, 0.29) is 40.7 Å². The van der Waals surface area contributed by atoms with Gasteiger partial charge in [-0.3, -0.25) is 9.59 Å². The molecule has 29 heavy (non-hydrogen) atoms. The number of allylic oxidation sites excluding steroid dienone is 2. The van der Waals surface area contributed by atoms with Gasteiger partial charge in [0.05, 0.1) is 19.1 Å². The number of hydrogen-bond acceptors (Lipinski definition) is 4. The molecule has 0 heterocycles. The molecule has 4 nitrogen and oxygen atoms in total. The third kappa shape index (κ3) is 2.88. The summed E-state index contributed by atoms with van der Waals surface area (Å²) in [6.45, 7) is 8.74. The number of hydrogen-bond donors (Lipinski definition) is 1. The average molecular weight is 403 g/mol. The van der Waals surface area contributed by atoms with Crippen LogP contribution in [0.3, 0.4) is 0 Å². The quantitative estimate of drug-likeness (QED) is 0.544. The highest BCUT2D eigenvalue weighted by Crippen LogP contribution is 2.68. The first-order chi connectivity index (χ1) is 13.7. The highest BCUT2D eigenvalue weighted by atomic mass is 16.5. The standard InChI is InChI=1S/C25H38O4/c1-6-16-20-13-15(26)9-11-25(20,4)19-10-12-24(3)17(14(2)23(28)29-5)7-8-18(24)21(19)22(16)27/h6,14-15,17-21,26H,7-13H2,1-5H3/b16-6+/t14-,15+,17+,18-,19-,20-,21-,24+,25+/m0/s1. The monoisotopic (exact) mass is 402 g/mol. The molecule has 0 unspecified atom stereocenters. The van der Waals surface area contributed by atoms with Crippen molar-refractivity contribution < 1.29 is 19.4 Å². The first-order valence-electron chi connectivity index (χ1n) is 11.6. The Morgan fingerprint density at radius 1 is 1.14 bits per heavy atom. The molecule has 0 bridgehead atoms. The Labute approximate surface area is 175 Å². The van der Waals surface area contributed by atoms with Crippen molar-refractivity contribution in [3.05, 3.63) is 11.6 Å². The molecule has 0 aromatic carbocycles. The lowest BCUT2D eigenvalue weighted by Gasteiger charge is -2.60. The van der Waals surface area contributed by atoms with Gasteiger partial charge >= 0.3 is 5.97 Å². The number of carbonyl (C=O) groups excluding carboxylic acids is 2. The summed E-state index contributed by atoms with van der Waals surface area (Å²) in [5.41, 5.74) is 1.11. The third-order valence-electron chi connectivity index (χ3n) is 9.96. The number of aliphatic hydroxyl groups excluding tert-OH is 1. The van der Waals surface area contributed by atoms with Gasteiger partial charge < -0.3 is 9.84 Å². The minimum absolute atomic E-state index is 0.0284. The molecule has 4 fully saturated rings. The second-order valence-corrected chi connectivity index (χ2v) is 10.9. The zero-order valence-electron chi connectivity index (χ0n) is 18.7. The summed E-state index contributed by atoms with van der Waals surface area (Å²) in [4.78, 5) is 26.1. The van der Waals surface area contributed by atoms with Crippen molar-refractivity contribution in [1.29, 1.82) is 0 Å². The normalized spacial score (nSPS) is 49.2. The van der Waals surface area contributed by atoms with Crippen LogP contribution >= 0.6 is 0 Å². The summed E-state index contributed by atoms with van der Waals surface area (Å²) in [5.74, 6) is 1.44. The van der Waals surface area contributed by atoms with E-state index < -0.39 is 0 Å². The maximum atomic E-state index is 13.8. The van der Waals surface area contributed by atoms with Crippen LogP contribution in [0.15, 0.2) is 11.6 Å². The summed E-state index contributed by atoms with van der Waals surface area (Å²) in [6.07, 6.45) is 8.55. The van der Waals surface area contributed by atoms with Crippen LogP contribution in [0.2, 0.25) is 0 Å². The van der Waals surface area contributed by atoms with Crippen LogP contribution in [0.4, 0.5) is 0 Å². The fourth-order valence-electron chi connectivity index (χ4n) is 8.40. The lowest BCUT2D eigenvalue weighted by molar-refractivity contribution is -0.155. The maximum Gasteiger partial charge on any atom is 0.308 e. The highest BCUT2D eigenvalue weighted by molar-refractivity contribution is 5.99. The van der Waals surface area contributed by atoms with E-state index in [1.54, 1.807) is 0 Å². The van der Waals surface area contributed by atoms with Gasteiger partial charge in [-0.2, -0.15) is 0 Å². The Morgan fingerprint density at radius 2 is 1.79 bits per heavy atom. The van der Waals surface area contributed by atoms with E-state index in [9.17, 15) is 14.7 Å². The molecule has 1 N–H and O–H groups in total. The summed E-state index contributed by atoms with van der Waals surface area (Å²) >= 11 is 0. The van der Waals surface area contributed by atoms with Crippen LogP contribution in [0, 0.1) is 46.3 Å². The molecule has 0 aromatic heterocycles. The number of esters is 1. The first kappa shape index (κ1) is 21.1. The molecular formula is C25H38O4. The van der Waals surface area contributed by atoms with Gasteiger partial charge in [0.1, 0.15) is 0 Å². The molecule has 162 valence electrons. The van der Waals surface area contributed by atoms with Crippen molar-refractivity contribution >= 4 is 11.8 Å². The Kier molecular flexibility index (Phi) is 5.25. The van der Waals surface area contributed by atoms with Gasteiger partial charge in [0.2, 0.25) is 0 Å². The first-order valence-corrected chi connectivity index (χ1v) is 11.6. The van der Waals surface area contributed by atoms with Crippen LogP contribution in [-0.4, -0.2) is 30.1 Å². The zero-order chi connectivity index (χ0) is 21.1. The second-order valence-electron chi connectivity index (χ2n) is 10.9. The number of Topliss-reactive ketones (excluding diaryl/α,β-unsaturated/α-hetero) is 1. The third-order valence-corrected chi connectivity index (χ3v) is 9.96. The molecule has 0 aromatic rings. The van der Waals surface area contributed by atoms with Gasteiger partial charge in [-0.05, 0) is 91.9 Å². The molecule has 0 radical (unpaired) electrons. The Hall–Kier alpha value is -1.16. The fraction of sp³-hybridized carbons (Fsp3) is 0.840. The van der Waals surface area contributed by atoms with Gasteiger partial charge in [0, 0.05) is 5.92 Å². The SMILES string of the molecule is C/C=C1/C(=O)[C@@H]2[C@H](CC[C@]3(C)[C@@H]([C@H](C)C(=O)OC)CC[C@@H]23)[C@@]2(C)CC[C@@H](O)C[C@@H]12. The van der Waals surface area contributed by atoms with Gasteiger partial charge in [-0.15, -0.1) is 0 Å². The van der Waals surface area contributed by atoms with Crippen molar-refractivity contribution in [1.82, 2.24) is 0 Å². The topological polar surface area (TPSA) is 63.6 Å². The Bertz CT molecular complexity index is 726. The van der Waals surface area contributed by atoms with Gasteiger partial charge in [0.25, 0.3) is 0 Å². The molecule has 4 heteroatoms. The van der Waals surface area contributed by atoms with E-state index in [2.05, 4.69) is 13.8 Å². The molecule has 4 aliphatic carbocycles. The predicted octanol–water partition coefficient (Wildman–Crippen LogP) is 4.55. The van der Waals surface area contributed by atoms with Gasteiger partial charge in [0.15, 0.2) is 5.78 Å². The number of rotatable bonds is 2. The van der Waals surface area contributed by atoms with Crippen LogP contribution in [-0.2, 0) is 14.3 Å². The van der Waals surface area contributed by atoms with E-state index in [4.69, 9.17) is 4.74 Å². The predicted molar refractivity (Wildman–Crippen MR) is 112 cm³/mol. The smallest absolute Gasteiger partial charge is 0.308 e. The maximum absolute atomic E-state index is 13.8. The largest absolute Gasteiger partial charge is 0.469 e. The minimum Gasteiger partial charge on any atom is -0.469 e. The number of ketones is 1. The van der Waals surface area contributed by atoms with Crippen molar-refractivity contribution in [3.8, 4) is 0 Å². The number of methoxy groups -OCH3 is 1. The Balaban J connectivity index is 1.71. The fourth-order valence-corrected chi connectivity index (χ4v) is 8.40. The molecular weight excluding hydrogens is 364 g/mol. The number of fused-ring (bicyclic) bond motifs is 5. The van der Waals surface area contributed by atoms with Gasteiger partial charge in [-0.1, -0.05) is 26.8 Å². The second kappa shape index (κ2) is 7.21.